The van der Waals surface area contributed by atoms with E-state index in [0.717, 1.165) is 4.88 Å². The van der Waals surface area contributed by atoms with Gasteiger partial charge in [0.05, 0.1) is 31.2 Å². The number of rotatable bonds is 9. The van der Waals surface area contributed by atoms with Crippen LogP contribution in [-0.4, -0.2) is 38.5 Å². The molecule has 27 heavy (non-hydrogen) atoms. The highest BCUT2D eigenvalue weighted by Crippen LogP contribution is 2.28. The van der Waals surface area contributed by atoms with Gasteiger partial charge in [-0.15, -0.1) is 11.3 Å². The van der Waals surface area contributed by atoms with E-state index in [4.69, 9.17) is 14.2 Å². The first kappa shape index (κ1) is 20.4. The first-order valence-electron chi connectivity index (χ1n) is 8.20. The van der Waals surface area contributed by atoms with Gasteiger partial charge >= 0.3 is 5.97 Å². The molecule has 0 unspecified atom stereocenters. The second-order valence-corrected chi connectivity index (χ2v) is 6.90. The van der Waals surface area contributed by atoms with Gasteiger partial charge in [-0.25, -0.2) is 0 Å². The molecule has 0 bridgehead atoms. The number of esters is 1. The summed E-state index contributed by atoms with van der Waals surface area (Å²) in [5, 5.41) is 2.60. The van der Waals surface area contributed by atoms with E-state index in [1.54, 1.807) is 24.3 Å². The summed E-state index contributed by atoms with van der Waals surface area (Å²) in [6.45, 7) is 1.46. The highest BCUT2D eigenvalue weighted by molar-refractivity contribution is 7.14. The number of hydrogen-bond acceptors (Lipinski definition) is 7. The normalized spacial score (nSPS) is 10.2. The van der Waals surface area contributed by atoms with E-state index >= 15 is 0 Å². The molecule has 0 radical (unpaired) electrons. The number of hydrogen-bond donors (Lipinski definition) is 1. The number of Topliss-reactive ketones (excluding diaryl/α,β-unsaturated/α-hetero) is 1. The minimum Gasteiger partial charge on any atom is -0.497 e. The lowest BCUT2D eigenvalue weighted by molar-refractivity contribution is -0.147. The molecule has 0 aliphatic carbocycles. The lowest BCUT2D eigenvalue weighted by Crippen LogP contribution is -2.21. The Balaban J connectivity index is 1.79. The maximum absolute atomic E-state index is 12.0. The van der Waals surface area contributed by atoms with Crippen LogP contribution in [0.5, 0.6) is 11.5 Å². The van der Waals surface area contributed by atoms with Gasteiger partial charge in [0, 0.05) is 17.4 Å². The van der Waals surface area contributed by atoms with Gasteiger partial charge in [0.1, 0.15) is 11.5 Å². The number of carbonyl (C=O) groups excluding carboxylic acids is 3. The zero-order chi connectivity index (χ0) is 19.8. The second-order valence-electron chi connectivity index (χ2n) is 5.61. The van der Waals surface area contributed by atoms with E-state index in [9.17, 15) is 14.4 Å². The molecule has 0 fully saturated rings. The number of ether oxygens (including phenoxy) is 3. The van der Waals surface area contributed by atoms with Crippen molar-refractivity contribution in [1.29, 1.82) is 0 Å². The molecule has 2 rings (SSSR count). The summed E-state index contributed by atoms with van der Waals surface area (Å²) in [5.41, 5.74) is 0.404. The van der Waals surface area contributed by atoms with Crippen molar-refractivity contribution in [1.82, 2.24) is 0 Å². The van der Waals surface area contributed by atoms with Crippen molar-refractivity contribution >= 4 is 34.7 Å². The Labute approximate surface area is 161 Å². The number of anilines is 1. The highest BCUT2D eigenvalue weighted by Gasteiger charge is 2.14. The van der Waals surface area contributed by atoms with E-state index in [1.165, 1.54) is 25.6 Å². The third-order valence-corrected chi connectivity index (χ3v) is 4.66. The van der Waals surface area contributed by atoms with E-state index in [2.05, 4.69) is 5.32 Å². The van der Waals surface area contributed by atoms with Gasteiger partial charge in [-0.1, -0.05) is 0 Å². The molecule has 0 aliphatic rings. The van der Waals surface area contributed by atoms with Crippen LogP contribution < -0.4 is 14.8 Å². The monoisotopic (exact) mass is 391 g/mol. The van der Waals surface area contributed by atoms with Gasteiger partial charge in [-0.2, -0.15) is 0 Å². The number of aryl methyl sites for hydroxylation is 1. The van der Waals surface area contributed by atoms with Crippen molar-refractivity contribution in [3.63, 3.8) is 0 Å². The molecule has 1 N–H and O–H groups in total. The van der Waals surface area contributed by atoms with E-state index in [-0.39, 0.29) is 18.6 Å². The smallest absolute Gasteiger partial charge is 0.306 e. The first-order chi connectivity index (χ1) is 12.9. The molecule has 144 valence electrons. The molecule has 0 spiro atoms. The highest BCUT2D eigenvalue weighted by atomic mass is 32.1. The van der Waals surface area contributed by atoms with Crippen molar-refractivity contribution in [2.75, 3.05) is 26.1 Å². The van der Waals surface area contributed by atoms with Crippen LogP contribution in [0.3, 0.4) is 0 Å². The molecule has 0 saturated heterocycles. The number of methoxy groups -OCH3 is 2. The topological polar surface area (TPSA) is 90.9 Å². The summed E-state index contributed by atoms with van der Waals surface area (Å²) in [5.74, 6) is -0.243. The largest absolute Gasteiger partial charge is 0.497 e. The third kappa shape index (κ3) is 6.10. The van der Waals surface area contributed by atoms with E-state index in [1.807, 2.05) is 13.0 Å². The van der Waals surface area contributed by atoms with Crippen LogP contribution >= 0.6 is 11.3 Å². The fourth-order valence-corrected chi connectivity index (χ4v) is 3.07. The standard InChI is InChI=1S/C19H21NO6S/c1-12-4-8-17(27-12)15(21)6-9-19(23)26-11-18(22)20-14-10-13(24-2)5-7-16(14)25-3/h4-5,7-8,10H,6,9,11H2,1-3H3,(H,20,22). The molecule has 1 heterocycles. The Kier molecular flexibility index (Phi) is 7.36. The number of carbonyl (C=O) groups is 3. The van der Waals surface area contributed by atoms with Gasteiger partial charge in [0.15, 0.2) is 12.4 Å². The number of thiophene rings is 1. The molecule has 1 aromatic heterocycles. The quantitative estimate of drug-likeness (QED) is 0.521. The molecule has 7 nitrogen and oxygen atoms in total. The SMILES string of the molecule is COc1ccc(OC)c(NC(=O)COC(=O)CCC(=O)c2ccc(C)s2)c1. The fourth-order valence-electron chi connectivity index (χ4n) is 2.24. The van der Waals surface area contributed by atoms with Crippen molar-refractivity contribution in [3.8, 4) is 11.5 Å². The number of ketones is 1. The molecule has 0 atom stereocenters. The molecular weight excluding hydrogens is 370 g/mol. The average molecular weight is 391 g/mol. The Morgan fingerprint density at radius 3 is 2.44 bits per heavy atom. The van der Waals surface area contributed by atoms with Crippen LogP contribution in [0.1, 0.15) is 27.4 Å². The van der Waals surface area contributed by atoms with E-state index in [0.29, 0.717) is 22.1 Å². The van der Waals surface area contributed by atoms with Gasteiger partial charge in [-0.05, 0) is 31.2 Å². The zero-order valence-electron chi connectivity index (χ0n) is 15.4. The Bertz CT molecular complexity index is 829. The van der Waals surface area contributed by atoms with Crippen LogP contribution in [0.15, 0.2) is 30.3 Å². The molecule has 1 aromatic carbocycles. The van der Waals surface area contributed by atoms with Crippen molar-refractivity contribution in [2.24, 2.45) is 0 Å². The Hall–Kier alpha value is -2.87. The van der Waals surface area contributed by atoms with Gasteiger partial charge in [0.25, 0.3) is 5.91 Å². The predicted octanol–water partition coefficient (Wildman–Crippen LogP) is 3.22. The van der Waals surface area contributed by atoms with Gasteiger partial charge in [-0.3, -0.25) is 14.4 Å². The van der Waals surface area contributed by atoms with Gasteiger partial charge in [0.2, 0.25) is 0 Å². The summed E-state index contributed by atoms with van der Waals surface area (Å²) in [6, 6.07) is 8.54. The molecule has 0 saturated carbocycles. The van der Waals surface area contributed by atoms with Crippen molar-refractivity contribution < 1.29 is 28.6 Å². The summed E-state index contributed by atoms with van der Waals surface area (Å²) in [6.07, 6.45) is -0.0321. The van der Waals surface area contributed by atoms with Crippen LogP contribution in [0, 0.1) is 6.92 Å². The van der Waals surface area contributed by atoms with Crippen LogP contribution in [0.4, 0.5) is 5.69 Å². The predicted molar refractivity (Wildman–Crippen MR) is 102 cm³/mol. The summed E-state index contributed by atoms with van der Waals surface area (Å²) in [7, 11) is 2.98. The summed E-state index contributed by atoms with van der Waals surface area (Å²) >= 11 is 1.39. The van der Waals surface area contributed by atoms with Crippen LogP contribution in [0.2, 0.25) is 0 Å². The summed E-state index contributed by atoms with van der Waals surface area (Å²) in [4.78, 5) is 37.4. The van der Waals surface area contributed by atoms with Gasteiger partial charge < -0.3 is 19.5 Å². The maximum atomic E-state index is 12.0. The molecular formula is C19H21NO6S. The average Bonchev–Trinajstić information content (AvgIpc) is 3.10. The number of amides is 1. The lowest BCUT2D eigenvalue weighted by Gasteiger charge is -2.12. The molecule has 1 amide bonds. The minimum absolute atomic E-state index is 0.0457. The third-order valence-electron chi connectivity index (χ3n) is 3.62. The fraction of sp³-hybridized carbons (Fsp3) is 0.316. The first-order valence-corrected chi connectivity index (χ1v) is 9.01. The Morgan fingerprint density at radius 2 is 1.81 bits per heavy atom. The van der Waals surface area contributed by atoms with Crippen LogP contribution in [0.25, 0.3) is 0 Å². The number of nitrogens with one attached hydrogen (secondary N) is 1. The van der Waals surface area contributed by atoms with Crippen molar-refractivity contribution in [2.45, 2.75) is 19.8 Å². The van der Waals surface area contributed by atoms with Crippen molar-refractivity contribution in [3.05, 3.63) is 40.1 Å². The molecule has 2 aromatic rings. The zero-order valence-corrected chi connectivity index (χ0v) is 16.2. The summed E-state index contributed by atoms with van der Waals surface area (Å²) < 4.78 is 15.2. The van der Waals surface area contributed by atoms with Crippen LogP contribution in [-0.2, 0) is 14.3 Å². The number of benzene rings is 1. The molecule has 0 aliphatic heterocycles. The van der Waals surface area contributed by atoms with E-state index < -0.39 is 18.5 Å². The lowest BCUT2D eigenvalue weighted by atomic mass is 10.2. The maximum Gasteiger partial charge on any atom is 0.306 e. The molecule has 8 heteroatoms. The second kappa shape index (κ2) is 9.72. The Morgan fingerprint density at radius 1 is 1.04 bits per heavy atom. The minimum atomic E-state index is -0.607.